The van der Waals surface area contributed by atoms with E-state index < -0.39 is 0 Å². The van der Waals surface area contributed by atoms with Crippen LogP contribution in [0.5, 0.6) is 11.5 Å². The van der Waals surface area contributed by atoms with Gasteiger partial charge in [-0.15, -0.1) is 12.4 Å². The van der Waals surface area contributed by atoms with Crippen molar-refractivity contribution in [3.63, 3.8) is 0 Å². The van der Waals surface area contributed by atoms with Gasteiger partial charge in [-0.25, -0.2) is 0 Å². The summed E-state index contributed by atoms with van der Waals surface area (Å²) < 4.78 is 7.02. The number of aromatic hydroxyl groups is 2. The highest BCUT2D eigenvalue weighted by Gasteiger charge is 2.21. The van der Waals surface area contributed by atoms with Crippen molar-refractivity contribution in [3.8, 4) is 11.5 Å². The summed E-state index contributed by atoms with van der Waals surface area (Å²) in [5, 5.41) is 26.6. The summed E-state index contributed by atoms with van der Waals surface area (Å²) in [5.41, 5.74) is 6.64. The molecular formula is C19H21ClN4O4. The number of H-pyrrole nitrogens is 1. The van der Waals surface area contributed by atoms with Gasteiger partial charge in [-0.2, -0.15) is 0 Å². The van der Waals surface area contributed by atoms with Crippen LogP contribution in [0.3, 0.4) is 0 Å². The van der Waals surface area contributed by atoms with Crippen molar-refractivity contribution >= 4 is 45.0 Å². The predicted molar refractivity (Wildman–Crippen MR) is 111 cm³/mol. The first-order valence-electron chi connectivity index (χ1n) is 8.63. The van der Waals surface area contributed by atoms with Crippen LogP contribution in [-0.2, 0) is 11.3 Å². The number of aromatic nitrogens is 2. The number of ether oxygens (including phenoxy) is 1. The highest BCUT2D eigenvalue weighted by Crippen LogP contribution is 2.41. The van der Waals surface area contributed by atoms with Gasteiger partial charge in [0, 0.05) is 19.0 Å². The first kappa shape index (κ1) is 19.9. The van der Waals surface area contributed by atoms with E-state index in [1.54, 1.807) is 13.2 Å². The number of rotatable bonds is 5. The summed E-state index contributed by atoms with van der Waals surface area (Å²) in [7, 11) is 1.61. The van der Waals surface area contributed by atoms with Crippen LogP contribution in [0.25, 0.3) is 32.6 Å². The number of halogens is 1. The smallest absolute Gasteiger partial charge is 0.189 e. The maximum absolute atomic E-state index is 12.6. The molecule has 3 aromatic carbocycles. The molecule has 0 aliphatic carbocycles. The van der Waals surface area contributed by atoms with Crippen molar-refractivity contribution in [3.05, 3.63) is 39.8 Å². The van der Waals surface area contributed by atoms with E-state index in [-0.39, 0.29) is 40.1 Å². The Morgan fingerprint density at radius 2 is 1.93 bits per heavy atom. The number of aromatic amines is 1. The van der Waals surface area contributed by atoms with Gasteiger partial charge in [0.1, 0.15) is 11.5 Å². The van der Waals surface area contributed by atoms with Crippen molar-refractivity contribution in [2.75, 3.05) is 26.8 Å². The number of methoxy groups -OCH3 is 1. The number of nitrogens with two attached hydrogens (primary N) is 1. The van der Waals surface area contributed by atoms with Gasteiger partial charge < -0.3 is 20.7 Å². The lowest BCUT2D eigenvalue weighted by Gasteiger charge is -2.08. The Bertz CT molecular complexity index is 1280. The van der Waals surface area contributed by atoms with Crippen LogP contribution >= 0.6 is 12.4 Å². The molecule has 1 heterocycles. The molecule has 28 heavy (non-hydrogen) atoms. The van der Waals surface area contributed by atoms with Crippen LogP contribution in [0.1, 0.15) is 0 Å². The van der Waals surface area contributed by atoms with Crippen LogP contribution in [0.2, 0.25) is 0 Å². The molecule has 0 radical (unpaired) electrons. The number of nitrogens with zero attached hydrogens (tertiary/aromatic N) is 2. The topological polar surface area (TPSA) is 126 Å². The van der Waals surface area contributed by atoms with Crippen molar-refractivity contribution in [1.82, 2.24) is 9.78 Å². The fourth-order valence-electron chi connectivity index (χ4n) is 3.59. The Kier molecular flexibility index (Phi) is 5.46. The van der Waals surface area contributed by atoms with Gasteiger partial charge >= 0.3 is 0 Å². The van der Waals surface area contributed by atoms with Crippen molar-refractivity contribution in [2.24, 2.45) is 10.7 Å². The summed E-state index contributed by atoms with van der Waals surface area (Å²) in [4.78, 5) is 17.0. The number of nitrogens with one attached hydrogen (secondary N) is 1. The lowest BCUT2D eigenvalue weighted by molar-refractivity contribution is 0.185. The molecule has 8 nitrogen and oxygen atoms in total. The standard InChI is InChI=1S/C19H20N4O4.ClH/c1-27-9-8-23-11-3-2-10(21-7-6-20)14-15(11)18(22-23)16-12(24)4-5-13(25)17(16)19(14)26;/h2-5,22,25-26H,6-9,20H2,1H3;1H. The number of phenols is 2. The number of benzene rings is 3. The third-order valence-electron chi connectivity index (χ3n) is 4.75. The monoisotopic (exact) mass is 404 g/mol. The van der Waals surface area contributed by atoms with Gasteiger partial charge in [-0.3, -0.25) is 19.6 Å². The minimum Gasteiger partial charge on any atom is -0.507 e. The Labute approximate surface area is 165 Å². The van der Waals surface area contributed by atoms with Gasteiger partial charge in [0.15, 0.2) is 5.43 Å². The summed E-state index contributed by atoms with van der Waals surface area (Å²) >= 11 is 0. The van der Waals surface area contributed by atoms with E-state index in [1.165, 1.54) is 12.1 Å². The van der Waals surface area contributed by atoms with Crippen LogP contribution in [0, 0.1) is 0 Å². The zero-order valence-corrected chi connectivity index (χ0v) is 16.0. The van der Waals surface area contributed by atoms with Gasteiger partial charge in [0.2, 0.25) is 0 Å². The zero-order chi connectivity index (χ0) is 19.1. The van der Waals surface area contributed by atoms with E-state index in [2.05, 4.69) is 10.1 Å². The molecule has 1 aromatic heterocycles. The molecule has 0 amide bonds. The van der Waals surface area contributed by atoms with Crippen LogP contribution in [0.15, 0.2) is 34.1 Å². The molecule has 148 valence electrons. The van der Waals surface area contributed by atoms with E-state index in [9.17, 15) is 15.0 Å². The Morgan fingerprint density at radius 1 is 1.14 bits per heavy atom. The maximum atomic E-state index is 12.6. The van der Waals surface area contributed by atoms with Crippen molar-refractivity contribution in [2.45, 2.75) is 6.54 Å². The molecule has 0 saturated carbocycles. The average molecular weight is 405 g/mol. The second kappa shape index (κ2) is 7.67. The summed E-state index contributed by atoms with van der Waals surface area (Å²) in [6.45, 7) is 1.78. The molecule has 4 aromatic rings. The SMILES string of the molecule is COCCn1[nH]c2c3c(=O)ccc(O)c3c(O)c3c(=NCCN)ccc1c32.Cl. The molecular weight excluding hydrogens is 384 g/mol. The Hall–Kier alpha value is -2.81. The number of phenolic OH excluding ortho intramolecular Hbond substituents is 2. The zero-order valence-electron chi connectivity index (χ0n) is 15.2. The summed E-state index contributed by atoms with van der Waals surface area (Å²) in [6, 6.07) is 6.27. The van der Waals surface area contributed by atoms with Crippen molar-refractivity contribution < 1.29 is 14.9 Å². The highest BCUT2D eigenvalue weighted by atomic mass is 35.5. The molecule has 9 heteroatoms. The number of hydrogen-bond acceptors (Lipinski definition) is 6. The quantitative estimate of drug-likeness (QED) is 0.374. The van der Waals surface area contributed by atoms with E-state index >= 15 is 0 Å². The molecule has 0 aliphatic heterocycles. The minimum atomic E-state index is -0.286. The van der Waals surface area contributed by atoms with Gasteiger partial charge in [-0.1, -0.05) is 0 Å². The second-order valence-corrected chi connectivity index (χ2v) is 6.34. The molecule has 0 bridgehead atoms. The highest BCUT2D eigenvalue weighted by molar-refractivity contribution is 6.23. The third kappa shape index (κ3) is 2.86. The first-order valence-corrected chi connectivity index (χ1v) is 8.63. The Balaban J connectivity index is 0.00000225. The van der Waals surface area contributed by atoms with Crippen LogP contribution in [0.4, 0.5) is 0 Å². The average Bonchev–Trinajstić information content (AvgIpc) is 3.03. The lowest BCUT2D eigenvalue weighted by atomic mass is 9.99. The lowest BCUT2D eigenvalue weighted by Crippen LogP contribution is -2.10. The molecule has 4 rings (SSSR count). The van der Waals surface area contributed by atoms with E-state index in [0.717, 1.165) is 5.52 Å². The number of fused-ring (bicyclic) bond motifs is 2. The molecule has 0 saturated heterocycles. The molecule has 5 N–H and O–H groups in total. The van der Waals surface area contributed by atoms with Gasteiger partial charge in [-0.05, 0) is 24.3 Å². The molecule has 0 fully saturated rings. The van der Waals surface area contributed by atoms with Gasteiger partial charge in [0.05, 0.1) is 52.2 Å². The largest absolute Gasteiger partial charge is 0.507 e. The molecule has 0 spiro atoms. The predicted octanol–water partition coefficient (Wildman–Crippen LogP) is 1.41. The number of hydrogen-bond donors (Lipinski definition) is 4. The van der Waals surface area contributed by atoms with Crippen LogP contribution < -0.4 is 16.5 Å². The minimum absolute atomic E-state index is 0. The summed E-state index contributed by atoms with van der Waals surface area (Å²) in [6.07, 6.45) is 0. The van der Waals surface area contributed by atoms with E-state index in [0.29, 0.717) is 47.9 Å². The fourth-order valence-corrected chi connectivity index (χ4v) is 3.59. The Morgan fingerprint density at radius 3 is 2.64 bits per heavy atom. The van der Waals surface area contributed by atoms with Crippen molar-refractivity contribution in [1.29, 1.82) is 0 Å². The fraction of sp³-hybridized carbons (Fsp3) is 0.263. The van der Waals surface area contributed by atoms with E-state index in [1.807, 2.05) is 10.7 Å². The maximum Gasteiger partial charge on any atom is 0.189 e. The molecule has 0 atom stereocenters. The van der Waals surface area contributed by atoms with E-state index in [4.69, 9.17) is 10.5 Å². The molecule has 0 aliphatic rings. The second-order valence-electron chi connectivity index (χ2n) is 6.34. The third-order valence-corrected chi connectivity index (χ3v) is 4.75. The molecule has 0 unspecified atom stereocenters. The first-order chi connectivity index (χ1) is 13.1. The summed E-state index contributed by atoms with van der Waals surface area (Å²) in [5.74, 6) is -0.320. The van der Waals surface area contributed by atoms with Crippen LogP contribution in [-0.4, -0.2) is 46.8 Å². The normalized spacial score (nSPS) is 12.3. The van der Waals surface area contributed by atoms with Gasteiger partial charge in [0.25, 0.3) is 0 Å².